The number of hydrogen-bond acceptors (Lipinski definition) is 1. The van der Waals surface area contributed by atoms with Gasteiger partial charge < -0.3 is 4.90 Å². The van der Waals surface area contributed by atoms with Crippen LogP contribution in [0.15, 0.2) is 54.6 Å². The molecule has 2 aromatic rings. The topological polar surface area (TPSA) is 20.3 Å². The van der Waals surface area contributed by atoms with Gasteiger partial charge in [0.15, 0.2) is 0 Å². The molecule has 0 aromatic heterocycles. The summed E-state index contributed by atoms with van der Waals surface area (Å²) in [5.74, 6) is -0.412. The van der Waals surface area contributed by atoms with Crippen LogP contribution >= 0.6 is 0 Å². The van der Waals surface area contributed by atoms with Crippen LogP contribution in [0, 0.1) is 12.7 Å². The predicted molar refractivity (Wildman–Crippen MR) is 80.0 cm³/mol. The van der Waals surface area contributed by atoms with Crippen molar-refractivity contribution in [3.8, 4) is 0 Å². The number of rotatable bonds is 3. The number of amides is 1. The molecule has 0 fully saturated rings. The lowest BCUT2D eigenvalue weighted by atomic mass is 10.2. The van der Waals surface area contributed by atoms with Gasteiger partial charge in [0.05, 0.1) is 0 Å². The predicted octanol–water partition coefficient (Wildman–Crippen LogP) is 3.81. The quantitative estimate of drug-likeness (QED) is 0.776. The van der Waals surface area contributed by atoms with Gasteiger partial charge in [0.25, 0.3) is 5.91 Å². The number of halogens is 1. The van der Waals surface area contributed by atoms with Crippen LogP contribution in [0.5, 0.6) is 0 Å². The van der Waals surface area contributed by atoms with E-state index < -0.39 is 0 Å². The summed E-state index contributed by atoms with van der Waals surface area (Å²) in [6, 6.07) is 13.7. The molecule has 0 aliphatic rings. The molecule has 0 saturated heterocycles. The van der Waals surface area contributed by atoms with Gasteiger partial charge in [-0.2, -0.15) is 0 Å². The van der Waals surface area contributed by atoms with Crippen molar-refractivity contribution in [2.75, 3.05) is 11.9 Å². The standard InChI is InChI=1S/C17H16FNO/c1-13-4-3-5-16(12-13)19(2)17(20)11-8-14-6-9-15(18)10-7-14/h3-12H,1-2H3. The molecule has 0 saturated carbocycles. The van der Waals surface area contributed by atoms with Crippen LogP contribution in [-0.2, 0) is 4.79 Å². The van der Waals surface area contributed by atoms with Crippen LogP contribution in [0.2, 0.25) is 0 Å². The van der Waals surface area contributed by atoms with Crippen LogP contribution in [0.1, 0.15) is 11.1 Å². The van der Waals surface area contributed by atoms with Gasteiger partial charge >= 0.3 is 0 Å². The van der Waals surface area contributed by atoms with Gasteiger partial charge in [-0.25, -0.2) is 4.39 Å². The van der Waals surface area contributed by atoms with Gasteiger partial charge in [-0.1, -0.05) is 24.3 Å². The average Bonchev–Trinajstić information content (AvgIpc) is 2.45. The number of aryl methyl sites for hydroxylation is 1. The lowest BCUT2D eigenvalue weighted by Crippen LogP contribution is -2.23. The molecule has 0 atom stereocenters. The zero-order valence-electron chi connectivity index (χ0n) is 11.5. The van der Waals surface area contributed by atoms with Crippen molar-refractivity contribution in [3.05, 3.63) is 71.6 Å². The second-order valence-electron chi connectivity index (χ2n) is 4.62. The first-order valence-corrected chi connectivity index (χ1v) is 6.34. The fraction of sp³-hybridized carbons (Fsp3) is 0.118. The van der Waals surface area contributed by atoms with E-state index in [4.69, 9.17) is 0 Å². The number of likely N-dealkylation sites (N-methyl/N-ethyl adjacent to an activating group) is 1. The van der Waals surface area contributed by atoms with Crippen molar-refractivity contribution < 1.29 is 9.18 Å². The molecular formula is C17H16FNO. The summed E-state index contributed by atoms with van der Waals surface area (Å²) >= 11 is 0. The Morgan fingerprint density at radius 3 is 2.50 bits per heavy atom. The molecule has 3 heteroatoms. The number of hydrogen-bond donors (Lipinski definition) is 0. The molecule has 0 N–H and O–H groups in total. The smallest absolute Gasteiger partial charge is 0.250 e. The molecular weight excluding hydrogens is 253 g/mol. The first kappa shape index (κ1) is 14.0. The summed E-state index contributed by atoms with van der Waals surface area (Å²) in [7, 11) is 1.73. The molecule has 0 bridgehead atoms. The Hall–Kier alpha value is -2.42. The van der Waals surface area contributed by atoms with Crippen molar-refractivity contribution in [3.63, 3.8) is 0 Å². The summed E-state index contributed by atoms with van der Waals surface area (Å²) in [5.41, 5.74) is 2.74. The second kappa shape index (κ2) is 6.15. The monoisotopic (exact) mass is 269 g/mol. The lowest BCUT2D eigenvalue weighted by molar-refractivity contribution is -0.113. The van der Waals surface area contributed by atoms with Crippen LogP contribution in [0.25, 0.3) is 6.08 Å². The van der Waals surface area contributed by atoms with Crippen LogP contribution < -0.4 is 4.90 Å². The van der Waals surface area contributed by atoms with Gasteiger partial charge in [0.1, 0.15) is 5.82 Å². The Bertz CT molecular complexity index is 632. The maximum absolute atomic E-state index is 12.8. The second-order valence-corrected chi connectivity index (χ2v) is 4.62. The zero-order chi connectivity index (χ0) is 14.5. The summed E-state index contributed by atoms with van der Waals surface area (Å²) < 4.78 is 12.8. The normalized spacial score (nSPS) is 10.8. The number of carbonyl (C=O) groups is 1. The third-order valence-corrected chi connectivity index (χ3v) is 3.01. The Kier molecular flexibility index (Phi) is 4.31. The molecule has 2 nitrogen and oxygen atoms in total. The highest BCUT2D eigenvalue weighted by Crippen LogP contribution is 2.15. The summed E-state index contributed by atoms with van der Waals surface area (Å²) in [6.45, 7) is 1.98. The Morgan fingerprint density at radius 2 is 1.85 bits per heavy atom. The van der Waals surface area contributed by atoms with E-state index in [0.29, 0.717) is 0 Å². The van der Waals surface area contributed by atoms with E-state index in [1.165, 1.54) is 18.2 Å². The third kappa shape index (κ3) is 3.54. The molecule has 2 aromatic carbocycles. The van der Waals surface area contributed by atoms with Gasteiger partial charge in [0.2, 0.25) is 0 Å². The highest BCUT2D eigenvalue weighted by atomic mass is 19.1. The summed E-state index contributed by atoms with van der Waals surface area (Å²) in [6.07, 6.45) is 3.16. The van der Waals surface area contributed by atoms with Crippen molar-refractivity contribution >= 4 is 17.7 Å². The molecule has 0 heterocycles. The highest BCUT2D eigenvalue weighted by Gasteiger charge is 2.07. The highest BCUT2D eigenvalue weighted by molar-refractivity contribution is 6.03. The lowest BCUT2D eigenvalue weighted by Gasteiger charge is -2.15. The van der Waals surface area contributed by atoms with E-state index in [2.05, 4.69) is 0 Å². The minimum atomic E-state index is -0.287. The van der Waals surface area contributed by atoms with E-state index in [1.54, 1.807) is 30.2 Å². The Labute approximate surface area is 118 Å². The number of carbonyl (C=O) groups excluding carboxylic acids is 1. The van der Waals surface area contributed by atoms with Gasteiger partial charge in [-0.05, 0) is 48.4 Å². The molecule has 0 radical (unpaired) electrons. The summed E-state index contributed by atoms with van der Waals surface area (Å²) in [4.78, 5) is 13.6. The molecule has 1 amide bonds. The third-order valence-electron chi connectivity index (χ3n) is 3.01. The van der Waals surface area contributed by atoms with Crippen molar-refractivity contribution in [1.29, 1.82) is 0 Å². The number of nitrogens with zero attached hydrogens (tertiary/aromatic N) is 1. The van der Waals surface area contributed by atoms with E-state index in [1.807, 2.05) is 31.2 Å². The zero-order valence-corrected chi connectivity index (χ0v) is 11.5. The molecule has 20 heavy (non-hydrogen) atoms. The van der Waals surface area contributed by atoms with Crippen LogP contribution in [0.3, 0.4) is 0 Å². The van der Waals surface area contributed by atoms with Crippen molar-refractivity contribution in [1.82, 2.24) is 0 Å². The molecule has 0 aliphatic heterocycles. The van der Waals surface area contributed by atoms with E-state index in [0.717, 1.165) is 16.8 Å². The van der Waals surface area contributed by atoms with Crippen LogP contribution in [-0.4, -0.2) is 13.0 Å². The Balaban J connectivity index is 2.09. The van der Waals surface area contributed by atoms with E-state index in [9.17, 15) is 9.18 Å². The number of anilines is 1. The minimum absolute atomic E-state index is 0.125. The molecule has 0 aliphatic carbocycles. The fourth-order valence-electron chi connectivity index (χ4n) is 1.82. The fourth-order valence-corrected chi connectivity index (χ4v) is 1.82. The minimum Gasteiger partial charge on any atom is -0.312 e. The first-order valence-electron chi connectivity index (χ1n) is 6.34. The van der Waals surface area contributed by atoms with Gasteiger partial charge in [0, 0.05) is 18.8 Å². The maximum Gasteiger partial charge on any atom is 0.250 e. The molecule has 102 valence electrons. The SMILES string of the molecule is Cc1cccc(N(C)C(=O)C=Cc2ccc(F)cc2)c1. The van der Waals surface area contributed by atoms with Crippen molar-refractivity contribution in [2.24, 2.45) is 0 Å². The molecule has 0 unspecified atom stereocenters. The molecule has 0 spiro atoms. The van der Waals surface area contributed by atoms with E-state index in [-0.39, 0.29) is 11.7 Å². The summed E-state index contributed by atoms with van der Waals surface area (Å²) in [5, 5.41) is 0. The van der Waals surface area contributed by atoms with Crippen molar-refractivity contribution in [2.45, 2.75) is 6.92 Å². The first-order chi connectivity index (χ1) is 9.56. The van der Waals surface area contributed by atoms with Gasteiger partial charge in [-0.3, -0.25) is 4.79 Å². The Morgan fingerprint density at radius 1 is 1.15 bits per heavy atom. The molecule has 2 rings (SSSR count). The largest absolute Gasteiger partial charge is 0.312 e. The van der Waals surface area contributed by atoms with E-state index >= 15 is 0 Å². The van der Waals surface area contributed by atoms with Gasteiger partial charge in [-0.15, -0.1) is 0 Å². The van der Waals surface area contributed by atoms with Crippen LogP contribution in [0.4, 0.5) is 10.1 Å². The maximum atomic E-state index is 12.8. The number of benzene rings is 2. The average molecular weight is 269 g/mol.